The Hall–Kier alpha value is -1.51. The van der Waals surface area contributed by atoms with Crippen molar-refractivity contribution in [1.29, 1.82) is 0 Å². The SMILES string of the molecule is COc1ccc2c(c1)C(c1cccc(Cl)c1)C1CCCNC21. The van der Waals surface area contributed by atoms with E-state index in [2.05, 4.69) is 41.7 Å². The highest BCUT2D eigenvalue weighted by molar-refractivity contribution is 6.30. The standard InChI is InChI=1S/C19H20ClNO/c1-22-14-7-8-15-17(11-14)18(12-4-2-5-13(20)10-12)16-6-3-9-21-19(15)16/h2,4-5,7-8,10-11,16,18-19,21H,3,6,9H2,1H3. The molecular weight excluding hydrogens is 294 g/mol. The van der Waals surface area contributed by atoms with Gasteiger partial charge in [-0.15, -0.1) is 0 Å². The summed E-state index contributed by atoms with van der Waals surface area (Å²) in [5, 5.41) is 4.53. The Balaban J connectivity index is 1.86. The Labute approximate surface area is 136 Å². The lowest BCUT2D eigenvalue weighted by Gasteiger charge is -2.31. The number of halogens is 1. The summed E-state index contributed by atoms with van der Waals surface area (Å²) in [6.07, 6.45) is 2.50. The molecule has 1 N–H and O–H groups in total. The third-order valence-electron chi connectivity index (χ3n) is 5.11. The lowest BCUT2D eigenvalue weighted by Crippen LogP contribution is -2.32. The minimum Gasteiger partial charge on any atom is -0.497 e. The maximum absolute atomic E-state index is 6.24. The van der Waals surface area contributed by atoms with E-state index in [1.165, 1.54) is 29.5 Å². The fourth-order valence-electron chi connectivity index (χ4n) is 4.20. The molecule has 3 unspecified atom stereocenters. The number of methoxy groups -OCH3 is 1. The number of fused-ring (bicyclic) bond motifs is 3. The molecule has 1 heterocycles. The maximum atomic E-state index is 6.24. The van der Waals surface area contributed by atoms with E-state index in [1.54, 1.807) is 7.11 Å². The normalized spacial score (nSPS) is 26.4. The van der Waals surface area contributed by atoms with E-state index in [0.717, 1.165) is 17.3 Å². The van der Waals surface area contributed by atoms with Crippen LogP contribution < -0.4 is 10.1 Å². The molecule has 0 saturated carbocycles. The first kappa shape index (κ1) is 14.1. The zero-order chi connectivity index (χ0) is 15.1. The van der Waals surface area contributed by atoms with Crippen LogP contribution in [0.3, 0.4) is 0 Å². The van der Waals surface area contributed by atoms with Gasteiger partial charge in [-0.25, -0.2) is 0 Å². The van der Waals surface area contributed by atoms with Gasteiger partial charge in [-0.2, -0.15) is 0 Å². The van der Waals surface area contributed by atoms with Gasteiger partial charge in [-0.05, 0) is 66.3 Å². The molecular formula is C19H20ClNO. The minimum absolute atomic E-state index is 0.404. The van der Waals surface area contributed by atoms with Crippen LogP contribution in [0.2, 0.25) is 5.02 Å². The Bertz CT molecular complexity index is 700. The summed E-state index contributed by atoms with van der Waals surface area (Å²) in [4.78, 5) is 0. The molecule has 1 aliphatic heterocycles. The number of rotatable bonds is 2. The molecule has 0 bridgehead atoms. The highest BCUT2D eigenvalue weighted by Crippen LogP contribution is 2.52. The molecule has 4 rings (SSSR count). The van der Waals surface area contributed by atoms with Gasteiger partial charge in [-0.3, -0.25) is 0 Å². The van der Waals surface area contributed by atoms with Crippen LogP contribution in [0.4, 0.5) is 0 Å². The lowest BCUT2D eigenvalue weighted by molar-refractivity contribution is 0.287. The van der Waals surface area contributed by atoms with Crippen LogP contribution in [-0.4, -0.2) is 13.7 Å². The summed E-state index contributed by atoms with van der Waals surface area (Å²) in [5.41, 5.74) is 4.14. The summed E-state index contributed by atoms with van der Waals surface area (Å²) >= 11 is 6.24. The van der Waals surface area contributed by atoms with Crippen molar-refractivity contribution in [3.63, 3.8) is 0 Å². The van der Waals surface area contributed by atoms with Crippen LogP contribution in [-0.2, 0) is 0 Å². The Morgan fingerprint density at radius 2 is 2.05 bits per heavy atom. The number of piperidine rings is 1. The number of hydrogen-bond donors (Lipinski definition) is 1. The summed E-state index contributed by atoms with van der Waals surface area (Å²) in [5.74, 6) is 1.94. The fourth-order valence-corrected chi connectivity index (χ4v) is 4.40. The lowest BCUT2D eigenvalue weighted by atomic mass is 9.80. The van der Waals surface area contributed by atoms with Crippen LogP contribution >= 0.6 is 11.6 Å². The van der Waals surface area contributed by atoms with E-state index in [4.69, 9.17) is 16.3 Å². The van der Waals surface area contributed by atoms with Crippen LogP contribution in [0, 0.1) is 5.92 Å². The van der Waals surface area contributed by atoms with Gasteiger partial charge in [0.05, 0.1) is 7.11 Å². The molecule has 0 spiro atoms. The molecule has 0 radical (unpaired) electrons. The van der Waals surface area contributed by atoms with Crippen molar-refractivity contribution in [3.05, 3.63) is 64.2 Å². The predicted molar refractivity (Wildman–Crippen MR) is 89.8 cm³/mol. The molecule has 22 heavy (non-hydrogen) atoms. The van der Waals surface area contributed by atoms with Crippen molar-refractivity contribution in [3.8, 4) is 5.75 Å². The molecule has 0 amide bonds. The molecule has 114 valence electrons. The molecule has 2 aliphatic rings. The van der Waals surface area contributed by atoms with Crippen LogP contribution in [0.25, 0.3) is 0 Å². The van der Waals surface area contributed by atoms with Crippen molar-refractivity contribution in [2.24, 2.45) is 5.92 Å². The average Bonchev–Trinajstić information content (AvgIpc) is 2.88. The first-order valence-electron chi connectivity index (χ1n) is 7.94. The van der Waals surface area contributed by atoms with Crippen LogP contribution in [0.5, 0.6) is 5.75 Å². The second kappa shape index (κ2) is 5.60. The van der Waals surface area contributed by atoms with E-state index >= 15 is 0 Å². The van der Waals surface area contributed by atoms with Crippen molar-refractivity contribution >= 4 is 11.6 Å². The fraction of sp³-hybridized carbons (Fsp3) is 0.368. The smallest absolute Gasteiger partial charge is 0.119 e. The number of hydrogen-bond acceptors (Lipinski definition) is 2. The molecule has 2 nitrogen and oxygen atoms in total. The summed E-state index contributed by atoms with van der Waals surface area (Å²) in [6.45, 7) is 1.11. The van der Waals surface area contributed by atoms with Gasteiger partial charge in [0.15, 0.2) is 0 Å². The number of ether oxygens (including phenoxy) is 1. The van der Waals surface area contributed by atoms with Crippen LogP contribution in [0.1, 0.15) is 41.5 Å². The van der Waals surface area contributed by atoms with E-state index in [9.17, 15) is 0 Å². The Morgan fingerprint density at radius 1 is 1.14 bits per heavy atom. The van der Waals surface area contributed by atoms with Gasteiger partial charge in [0.25, 0.3) is 0 Å². The van der Waals surface area contributed by atoms with E-state index in [-0.39, 0.29) is 0 Å². The quantitative estimate of drug-likeness (QED) is 0.879. The van der Waals surface area contributed by atoms with Gasteiger partial charge >= 0.3 is 0 Å². The van der Waals surface area contributed by atoms with Gasteiger partial charge in [-0.1, -0.05) is 29.8 Å². The first-order chi connectivity index (χ1) is 10.8. The highest BCUT2D eigenvalue weighted by Gasteiger charge is 2.42. The molecule has 2 aromatic carbocycles. The van der Waals surface area contributed by atoms with Crippen molar-refractivity contribution in [1.82, 2.24) is 5.32 Å². The second-order valence-electron chi connectivity index (χ2n) is 6.27. The van der Waals surface area contributed by atoms with Crippen LogP contribution in [0.15, 0.2) is 42.5 Å². The topological polar surface area (TPSA) is 21.3 Å². The summed E-state index contributed by atoms with van der Waals surface area (Å²) < 4.78 is 5.45. The minimum atomic E-state index is 0.404. The molecule has 1 fully saturated rings. The molecule has 1 saturated heterocycles. The van der Waals surface area contributed by atoms with Crippen molar-refractivity contribution < 1.29 is 4.74 Å². The molecule has 3 heteroatoms. The second-order valence-corrected chi connectivity index (χ2v) is 6.70. The molecule has 2 aromatic rings. The molecule has 3 atom stereocenters. The Morgan fingerprint density at radius 3 is 2.86 bits per heavy atom. The number of benzene rings is 2. The highest BCUT2D eigenvalue weighted by atomic mass is 35.5. The zero-order valence-corrected chi connectivity index (χ0v) is 13.4. The van der Waals surface area contributed by atoms with Gasteiger partial charge in [0, 0.05) is 17.0 Å². The zero-order valence-electron chi connectivity index (χ0n) is 12.7. The monoisotopic (exact) mass is 313 g/mol. The number of nitrogens with one attached hydrogen (secondary N) is 1. The van der Waals surface area contributed by atoms with Crippen molar-refractivity contribution in [2.75, 3.05) is 13.7 Å². The molecule has 0 aromatic heterocycles. The third-order valence-corrected chi connectivity index (χ3v) is 5.34. The predicted octanol–water partition coefficient (Wildman–Crippen LogP) is 4.53. The molecule has 1 aliphatic carbocycles. The van der Waals surface area contributed by atoms with Gasteiger partial charge < -0.3 is 10.1 Å². The van der Waals surface area contributed by atoms with E-state index in [0.29, 0.717) is 17.9 Å². The van der Waals surface area contributed by atoms with Gasteiger partial charge in [0.2, 0.25) is 0 Å². The average molecular weight is 314 g/mol. The van der Waals surface area contributed by atoms with Gasteiger partial charge in [0.1, 0.15) is 5.75 Å². The van der Waals surface area contributed by atoms with E-state index < -0.39 is 0 Å². The summed E-state index contributed by atoms with van der Waals surface area (Å²) in [6, 6.07) is 15.3. The largest absolute Gasteiger partial charge is 0.497 e. The van der Waals surface area contributed by atoms with Crippen molar-refractivity contribution in [2.45, 2.75) is 24.8 Å². The van der Waals surface area contributed by atoms with E-state index in [1.807, 2.05) is 6.07 Å². The Kier molecular flexibility index (Phi) is 3.59. The third kappa shape index (κ3) is 2.22. The first-order valence-corrected chi connectivity index (χ1v) is 8.32. The summed E-state index contributed by atoms with van der Waals surface area (Å²) in [7, 11) is 1.73. The maximum Gasteiger partial charge on any atom is 0.119 e.